The monoisotopic (exact) mass is 420 g/mol. The average Bonchev–Trinajstić information content (AvgIpc) is 3.41. The molecule has 0 unspecified atom stereocenters. The van der Waals surface area contributed by atoms with Crippen molar-refractivity contribution >= 4 is 22.7 Å². The fraction of sp³-hybridized carbons (Fsp3) is 0.400. The molecule has 152 valence electrons. The van der Waals surface area contributed by atoms with Crippen LogP contribution in [-0.4, -0.2) is 19.9 Å². The van der Waals surface area contributed by atoms with Gasteiger partial charge in [-0.25, -0.2) is 19.9 Å². The van der Waals surface area contributed by atoms with Crippen LogP contribution in [0.4, 0.5) is 0 Å². The van der Waals surface area contributed by atoms with Gasteiger partial charge in [-0.2, -0.15) is 0 Å². The normalized spacial score (nSPS) is 9.43. The molecule has 0 aliphatic carbocycles. The highest BCUT2D eigenvalue weighted by molar-refractivity contribution is 7.09. The zero-order chi connectivity index (χ0) is 21.1. The van der Waals surface area contributed by atoms with Crippen LogP contribution in [0.2, 0.25) is 0 Å². The van der Waals surface area contributed by atoms with Crippen LogP contribution >= 0.6 is 22.7 Å². The number of rotatable bonds is 0. The molecule has 0 bridgehead atoms. The molecule has 0 atom stereocenters. The molecule has 0 saturated heterocycles. The number of nitrogens with zero attached hydrogens (tertiary/aromatic N) is 4. The maximum Gasteiger partial charge on any atom is 0.181 e. The van der Waals surface area contributed by atoms with E-state index in [1.165, 1.54) is 22.5 Å². The van der Waals surface area contributed by atoms with Gasteiger partial charge in [0.1, 0.15) is 11.5 Å². The van der Waals surface area contributed by atoms with Gasteiger partial charge in [0.05, 0.1) is 33.8 Å². The number of hydrogen-bond donors (Lipinski definition) is 0. The molecular formula is C20H28N4O2S2. The summed E-state index contributed by atoms with van der Waals surface area (Å²) >= 11 is 3.39. The number of hydrogen-bond acceptors (Lipinski definition) is 8. The first-order valence-electron chi connectivity index (χ1n) is 8.69. The highest BCUT2D eigenvalue weighted by atomic mass is 32.1. The Kier molecular flexibility index (Phi) is 10.3. The maximum absolute atomic E-state index is 4.85. The molecule has 0 N–H and O–H groups in total. The molecule has 0 fully saturated rings. The van der Waals surface area contributed by atoms with E-state index < -0.39 is 0 Å². The van der Waals surface area contributed by atoms with Gasteiger partial charge in [-0.15, -0.1) is 22.7 Å². The minimum atomic E-state index is 0.903. The van der Waals surface area contributed by atoms with E-state index in [4.69, 9.17) is 8.83 Å². The summed E-state index contributed by atoms with van der Waals surface area (Å²) in [5.41, 5.74) is 7.99. The molecule has 0 aromatic carbocycles. The molecule has 6 nitrogen and oxygen atoms in total. The predicted molar refractivity (Wildman–Crippen MR) is 115 cm³/mol. The van der Waals surface area contributed by atoms with Crippen molar-refractivity contribution in [1.82, 2.24) is 19.9 Å². The van der Waals surface area contributed by atoms with Crippen molar-refractivity contribution in [2.45, 2.75) is 55.4 Å². The third-order valence-electron chi connectivity index (χ3n) is 3.94. The van der Waals surface area contributed by atoms with Crippen LogP contribution in [0, 0.1) is 55.4 Å². The lowest BCUT2D eigenvalue weighted by Gasteiger charge is -1.77. The van der Waals surface area contributed by atoms with Gasteiger partial charge in [0, 0.05) is 9.75 Å². The second kappa shape index (κ2) is 12.2. The summed E-state index contributed by atoms with van der Waals surface area (Å²) in [5.74, 6) is 1.81. The van der Waals surface area contributed by atoms with E-state index in [9.17, 15) is 0 Å². The Balaban J connectivity index is 0.000000187. The highest BCUT2D eigenvalue weighted by Crippen LogP contribution is 2.08. The number of thiazole rings is 2. The van der Waals surface area contributed by atoms with Crippen molar-refractivity contribution in [2.24, 2.45) is 0 Å². The summed E-state index contributed by atoms with van der Waals surface area (Å²) in [4.78, 5) is 18.4. The fourth-order valence-electron chi connectivity index (χ4n) is 1.44. The molecule has 0 spiro atoms. The van der Waals surface area contributed by atoms with Gasteiger partial charge < -0.3 is 8.83 Å². The third-order valence-corrected chi connectivity index (χ3v) is 5.66. The van der Waals surface area contributed by atoms with Crippen LogP contribution < -0.4 is 0 Å². The largest absolute Gasteiger partial charge is 0.449 e. The van der Waals surface area contributed by atoms with Gasteiger partial charge in [-0.05, 0) is 55.4 Å². The third kappa shape index (κ3) is 8.58. The van der Waals surface area contributed by atoms with Crippen molar-refractivity contribution in [2.75, 3.05) is 0 Å². The molecule has 4 aromatic heterocycles. The number of aromatic nitrogens is 4. The molecule has 4 aromatic rings. The van der Waals surface area contributed by atoms with Gasteiger partial charge in [0.25, 0.3) is 0 Å². The lowest BCUT2D eigenvalue weighted by Crippen LogP contribution is -1.69. The predicted octanol–water partition coefficient (Wildman–Crippen LogP) is 6.10. The quantitative estimate of drug-likeness (QED) is 0.342. The molecule has 0 aliphatic rings. The zero-order valence-electron chi connectivity index (χ0n) is 17.7. The summed E-state index contributed by atoms with van der Waals surface area (Å²) in [6.45, 7) is 15.8. The lowest BCUT2D eigenvalue weighted by atomic mass is 10.4. The summed E-state index contributed by atoms with van der Waals surface area (Å²) in [6.07, 6.45) is 2.90. The summed E-state index contributed by atoms with van der Waals surface area (Å²) in [7, 11) is 0. The van der Waals surface area contributed by atoms with E-state index in [-0.39, 0.29) is 0 Å². The van der Waals surface area contributed by atoms with Crippen LogP contribution in [0.15, 0.2) is 32.6 Å². The first-order chi connectivity index (χ1) is 13.2. The van der Waals surface area contributed by atoms with Crippen LogP contribution in [-0.2, 0) is 0 Å². The van der Waals surface area contributed by atoms with E-state index in [0.717, 1.165) is 34.3 Å². The van der Waals surface area contributed by atoms with Gasteiger partial charge in [-0.1, -0.05) is 0 Å². The van der Waals surface area contributed by atoms with E-state index in [2.05, 4.69) is 33.8 Å². The fourth-order valence-corrected chi connectivity index (χ4v) is 2.63. The zero-order valence-corrected chi connectivity index (χ0v) is 19.4. The molecular weight excluding hydrogens is 392 g/mol. The first kappa shape index (κ1) is 23.7. The van der Waals surface area contributed by atoms with Gasteiger partial charge in [-0.3, -0.25) is 0 Å². The highest BCUT2D eigenvalue weighted by Gasteiger charge is 1.92. The summed E-state index contributed by atoms with van der Waals surface area (Å²) < 4.78 is 9.71. The SMILES string of the molecule is Cc1ncoc1C.Cc1ncoc1C.Cc1ncsc1C.Cc1ncsc1C. The Hall–Kier alpha value is -2.32. The molecule has 8 heteroatoms. The summed E-state index contributed by atoms with van der Waals surface area (Å²) in [5, 5.41) is 0. The van der Waals surface area contributed by atoms with Gasteiger partial charge >= 0.3 is 0 Å². The van der Waals surface area contributed by atoms with E-state index in [1.54, 1.807) is 22.7 Å². The minimum Gasteiger partial charge on any atom is -0.449 e. The number of oxazole rings is 2. The lowest BCUT2D eigenvalue weighted by molar-refractivity contribution is 0.525. The van der Waals surface area contributed by atoms with Crippen LogP contribution in [0.3, 0.4) is 0 Å². The van der Waals surface area contributed by atoms with Gasteiger partial charge in [0.2, 0.25) is 0 Å². The van der Waals surface area contributed by atoms with Crippen molar-refractivity contribution < 1.29 is 8.83 Å². The minimum absolute atomic E-state index is 0.903. The molecule has 0 amide bonds. The van der Waals surface area contributed by atoms with Crippen LogP contribution in [0.25, 0.3) is 0 Å². The topological polar surface area (TPSA) is 77.8 Å². The van der Waals surface area contributed by atoms with E-state index in [0.29, 0.717) is 0 Å². The molecule has 4 heterocycles. The first-order valence-corrected chi connectivity index (χ1v) is 10.4. The average molecular weight is 421 g/mol. The van der Waals surface area contributed by atoms with Gasteiger partial charge in [0.15, 0.2) is 12.8 Å². The summed E-state index contributed by atoms with van der Waals surface area (Å²) in [6, 6.07) is 0. The van der Waals surface area contributed by atoms with Crippen LogP contribution in [0.5, 0.6) is 0 Å². The molecule has 0 aliphatic heterocycles. The van der Waals surface area contributed by atoms with Crippen LogP contribution in [0.1, 0.15) is 44.1 Å². The molecule has 0 radical (unpaired) electrons. The van der Waals surface area contributed by atoms with Crippen molar-refractivity contribution in [3.8, 4) is 0 Å². The Morgan fingerprint density at radius 2 is 0.893 bits per heavy atom. The second-order valence-electron chi connectivity index (χ2n) is 5.98. The number of aryl methyl sites for hydroxylation is 8. The van der Waals surface area contributed by atoms with E-state index in [1.807, 2.05) is 52.6 Å². The Bertz CT molecular complexity index is 718. The Morgan fingerprint density at radius 1 is 0.536 bits per heavy atom. The maximum atomic E-state index is 4.85. The second-order valence-corrected chi connectivity index (χ2v) is 8.09. The van der Waals surface area contributed by atoms with Crippen molar-refractivity contribution in [3.05, 3.63) is 67.9 Å². The van der Waals surface area contributed by atoms with Crippen molar-refractivity contribution in [1.29, 1.82) is 0 Å². The smallest absolute Gasteiger partial charge is 0.181 e. The van der Waals surface area contributed by atoms with E-state index >= 15 is 0 Å². The standard InChI is InChI=1S/2C5H7NO.2C5H7NS/c4*1-4-5(2)7-3-6-4/h4*3H,1-2H3. The molecule has 28 heavy (non-hydrogen) atoms. The Labute approximate surface area is 174 Å². The molecule has 4 rings (SSSR count). The Morgan fingerprint density at radius 3 is 0.964 bits per heavy atom. The van der Waals surface area contributed by atoms with Crippen molar-refractivity contribution in [3.63, 3.8) is 0 Å². The molecule has 0 saturated carbocycles.